The maximum absolute atomic E-state index is 13.7. The molecule has 20 heteroatoms. The van der Waals surface area contributed by atoms with E-state index in [0.29, 0.717) is 104 Å². The number of nitrogens with one attached hydrogen (secondary N) is 4. The first-order chi connectivity index (χ1) is 39.0. The van der Waals surface area contributed by atoms with Gasteiger partial charge in [-0.3, -0.25) is 33.2 Å². The molecule has 10 rings (SSSR count). The van der Waals surface area contributed by atoms with E-state index >= 15 is 0 Å². The Bertz CT molecular complexity index is 3520. The smallest absolute Gasteiger partial charge is 0.395 e. The Labute approximate surface area is 467 Å². The van der Waals surface area contributed by atoms with Crippen LogP contribution in [-0.4, -0.2) is 103 Å². The number of rotatable bonds is 22. The molecule has 4 amide bonds. The molecule has 0 radical (unpaired) electrons. The van der Waals surface area contributed by atoms with Gasteiger partial charge in [-0.25, -0.2) is 9.97 Å². The molecule has 7 aromatic rings. The second-order valence-electron chi connectivity index (χ2n) is 21.6. The summed E-state index contributed by atoms with van der Waals surface area (Å²) in [5.74, 6) is -0.380. The minimum absolute atomic E-state index is 0.0464. The van der Waals surface area contributed by atoms with E-state index in [1.54, 1.807) is 47.0 Å². The number of aryl methyl sites for hydroxylation is 2. The fourth-order valence-corrected chi connectivity index (χ4v) is 10.7. The number of aromatic nitrogens is 5. The molecule has 2 fully saturated rings. The molecule has 0 spiro atoms. The van der Waals surface area contributed by atoms with Crippen molar-refractivity contribution in [2.45, 2.75) is 108 Å². The predicted molar refractivity (Wildman–Crippen MR) is 301 cm³/mol. The maximum Gasteiger partial charge on any atom is 0.586 e. The van der Waals surface area contributed by atoms with Gasteiger partial charge in [-0.1, -0.05) is 98.6 Å². The van der Waals surface area contributed by atoms with Gasteiger partial charge in [0, 0.05) is 62.9 Å². The monoisotopic (exact) mass is 1100 g/mol. The first-order valence-electron chi connectivity index (χ1n) is 27.6. The van der Waals surface area contributed by atoms with Crippen LogP contribution in [0.5, 0.6) is 11.5 Å². The van der Waals surface area contributed by atoms with Crippen molar-refractivity contribution in [3.05, 3.63) is 154 Å². The predicted octanol–water partition coefficient (Wildman–Crippen LogP) is 7.90. The summed E-state index contributed by atoms with van der Waals surface area (Å²) in [4.78, 5) is 77.4. The lowest BCUT2D eigenvalue weighted by molar-refractivity contribution is -0.286. The number of hydrogen-bond acceptors (Lipinski definition) is 12. The van der Waals surface area contributed by atoms with Crippen LogP contribution in [0, 0.1) is 6.92 Å². The number of likely N-dealkylation sites (tertiary alicyclic amines) is 1. The number of fused-ring (bicyclic) bond motifs is 2. The summed E-state index contributed by atoms with van der Waals surface area (Å²) in [5, 5.41) is 28.1. The standard InChI is InChI=1S/C61H66F2N10O8/c1-39-16-23-49(69-58(78)60(24-25-60)46-21-22-47-48(34-46)81-61(62,63)80-47)68-52(39)44-14-11-15-45(33-44)56(76)66-29-10-5-4-9-28-65-50(74)36-64-35-41-17-19-43(20-18-41)55-53-54(70-71(55)3)57(77)73(38-67-53)37-59(79)26-30-72(31-27-59)51(75)32-40(2)42-12-7-6-8-13-42/h6-8,11-23,33-34,38,40,64,79H,4-5,9-10,24-32,35-37H2,1-3H3,(H,65,74)(H,66,76)(H,68,69,78)/t40-/m1/s1. The van der Waals surface area contributed by atoms with Crippen LogP contribution >= 0.6 is 0 Å². The zero-order valence-electron chi connectivity index (χ0n) is 45.6. The largest absolute Gasteiger partial charge is 0.586 e. The van der Waals surface area contributed by atoms with Gasteiger partial charge in [0.2, 0.25) is 17.7 Å². The Morgan fingerprint density at radius 3 is 2.26 bits per heavy atom. The molecule has 2 aliphatic heterocycles. The van der Waals surface area contributed by atoms with Gasteiger partial charge in [-0.15, -0.1) is 8.78 Å². The van der Waals surface area contributed by atoms with Crippen LogP contribution in [0.15, 0.2) is 120 Å². The summed E-state index contributed by atoms with van der Waals surface area (Å²) in [6, 6.07) is 32.8. The zero-order valence-corrected chi connectivity index (χ0v) is 45.6. The number of pyridine rings is 1. The van der Waals surface area contributed by atoms with Crippen molar-refractivity contribution < 1.29 is 42.5 Å². The van der Waals surface area contributed by atoms with Crippen molar-refractivity contribution >= 4 is 40.5 Å². The van der Waals surface area contributed by atoms with E-state index in [4.69, 9.17) is 4.98 Å². The highest BCUT2D eigenvalue weighted by Gasteiger charge is 2.53. The number of amides is 4. The molecule has 4 aromatic carbocycles. The van der Waals surface area contributed by atoms with Gasteiger partial charge in [-0.2, -0.15) is 5.10 Å². The number of anilines is 1. The van der Waals surface area contributed by atoms with Crippen molar-refractivity contribution in [2.75, 3.05) is 38.0 Å². The second kappa shape index (κ2) is 23.8. The van der Waals surface area contributed by atoms with Gasteiger partial charge in [-0.05, 0) is 104 Å². The highest BCUT2D eigenvalue weighted by molar-refractivity contribution is 6.01. The summed E-state index contributed by atoms with van der Waals surface area (Å²) in [5.41, 5.74) is 4.97. The molecule has 1 atom stereocenters. The van der Waals surface area contributed by atoms with Crippen LogP contribution in [0.2, 0.25) is 0 Å². The minimum atomic E-state index is -3.75. The Hall–Kier alpha value is -8.36. The summed E-state index contributed by atoms with van der Waals surface area (Å²) >= 11 is 0. The summed E-state index contributed by atoms with van der Waals surface area (Å²) in [7, 11) is 1.76. The Morgan fingerprint density at radius 2 is 1.52 bits per heavy atom. The molecule has 0 unspecified atom stereocenters. The quantitative estimate of drug-likeness (QED) is 0.0409. The van der Waals surface area contributed by atoms with Crippen molar-refractivity contribution in [3.8, 4) is 34.0 Å². The van der Waals surface area contributed by atoms with E-state index in [1.807, 2.05) is 80.6 Å². The first-order valence-corrected chi connectivity index (χ1v) is 27.6. The SMILES string of the molecule is Cc1ccc(NC(=O)C2(c3ccc4c(c3)OC(F)(F)O4)CC2)nc1-c1cccc(C(=O)NCCCCCCNC(=O)CNCc2ccc(-c3c4ncn(CC5(O)CCN(C(=O)C[C@@H](C)c6ccccc6)CC5)c(=O)c4nn3C)cc2)c1. The third kappa shape index (κ3) is 13.0. The number of piperidine rings is 1. The number of ether oxygens (including phenoxy) is 2. The van der Waals surface area contributed by atoms with Gasteiger partial charge in [0.1, 0.15) is 11.3 Å². The average molecular weight is 1110 g/mol. The number of aliphatic hydroxyl groups is 1. The number of benzene rings is 4. The molecule has 1 saturated heterocycles. The number of nitrogens with zero attached hydrogens (tertiary/aromatic N) is 6. The highest BCUT2D eigenvalue weighted by atomic mass is 19.3. The summed E-state index contributed by atoms with van der Waals surface area (Å²) in [6.45, 7) is 6.42. The molecule has 422 valence electrons. The van der Waals surface area contributed by atoms with Crippen LogP contribution in [-0.2, 0) is 39.9 Å². The molecule has 5 N–H and O–H groups in total. The van der Waals surface area contributed by atoms with Crippen molar-refractivity contribution in [3.63, 3.8) is 0 Å². The molecule has 3 aliphatic rings. The number of unbranched alkanes of at least 4 members (excludes halogenated alkanes) is 3. The van der Waals surface area contributed by atoms with E-state index in [9.17, 15) is 37.9 Å². The van der Waals surface area contributed by atoms with Crippen molar-refractivity contribution in [1.82, 2.24) is 45.2 Å². The molecule has 1 saturated carbocycles. The van der Waals surface area contributed by atoms with E-state index in [1.165, 1.54) is 23.0 Å². The van der Waals surface area contributed by atoms with E-state index < -0.39 is 17.3 Å². The van der Waals surface area contributed by atoms with Gasteiger partial charge < -0.3 is 40.7 Å². The zero-order chi connectivity index (χ0) is 56.9. The topological polar surface area (TPSA) is 224 Å². The van der Waals surface area contributed by atoms with Crippen molar-refractivity contribution in [1.29, 1.82) is 0 Å². The van der Waals surface area contributed by atoms with E-state index in [-0.39, 0.29) is 65.2 Å². The average Bonchev–Trinajstić information content (AvgIpc) is 4.24. The molecule has 3 aromatic heterocycles. The lowest BCUT2D eigenvalue weighted by Crippen LogP contribution is -2.49. The Kier molecular flexibility index (Phi) is 16.4. The number of carbonyl (C=O) groups excluding carboxylic acids is 4. The van der Waals surface area contributed by atoms with E-state index in [2.05, 4.69) is 40.8 Å². The van der Waals surface area contributed by atoms with Crippen LogP contribution < -0.4 is 36.3 Å². The lowest BCUT2D eigenvalue weighted by atomic mass is 9.90. The molecule has 0 bridgehead atoms. The van der Waals surface area contributed by atoms with Crippen LogP contribution in [0.25, 0.3) is 33.5 Å². The Morgan fingerprint density at radius 1 is 0.790 bits per heavy atom. The maximum atomic E-state index is 13.7. The van der Waals surface area contributed by atoms with Gasteiger partial charge in [0.25, 0.3) is 11.5 Å². The summed E-state index contributed by atoms with van der Waals surface area (Å²) < 4.78 is 39.5. The Balaban J connectivity index is 0.611. The number of carbonyl (C=O) groups is 4. The van der Waals surface area contributed by atoms with Gasteiger partial charge in [0.15, 0.2) is 17.0 Å². The third-order valence-corrected chi connectivity index (χ3v) is 15.6. The normalized spacial score (nSPS) is 16.0. The second-order valence-corrected chi connectivity index (χ2v) is 21.6. The number of halogens is 2. The lowest BCUT2D eigenvalue weighted by Gasteiger charge is -2.38. The fourth-order valence-electron chi connectivity index (χ4n) is 10.7. The number of hydrogen-bond donors (Lipinski definition) is 5. The van der Waals surface area contributed by atoms with Gasteiger partial charge >= 0.3 is 6.29 Å². The molecule has 81 heavy (non-hydrogen) atoms. The van der Waals surface area contributed by atoms with E-state index in [0.717, 1.165) is 47.9 Å². The fraction of sp³-hybridized carbons (Fsp3) is 0.377. The third-order valence-electron chi connectivity index (χ3n) is 15.6. The van der Waals surface area contributed by atoms with Crippen LogP contribution in [0.1, 0.15) is 103 Å². The van der Waals surface area contributed by atoms with Crippen molar-refractivity contribution in [2.24, 2.45) is 7.05 Å². The molecular weight excluding hydrogens is 1040 g/mol. The highest BCUT2D eigenvalue weighted by Crippen LogP contribution is 2.52. The van der Waals surface area contributed by atoms with Crippen LogP contribution in [0.4, 0.5) is 14.6 Å². The first kappa shape index (κ1) is 55.9. The molecular formula is C61H66F2N10O8. The molecule has 1 aliphatic carbocycles. The summed E-state index contributed by atoms with van der Waals surface area (Å²) in [6.07, 6.45) is 3.15. The minimum Gasteiger partial charge on any atom is -0.395 e. The van der Waals surface area contributed by atoms with Gasteiger partial charge in [0.05, 0.1) is 41.8 Å². The van der Waals surface area contributed by atoms with Crippen LogP contribution in [0.3, 0.4) is 0 Å². The molecule has 5 heterocycles. The number of alkyl halides is 2. The molecule has 18 nitrogen and oxygen atoms in total.